The molecule has 0 aromatic rings. The lowest BCUT2D eigenvalue weighted by Gasteiger charge is -2.45. The van der Waals surface area contributed by atoms with Crippen LogP contribution in [0.1, 0.15) is 52.9 Å². The Labute approximate surface area is 110 Å². The molecule has 2 aliphatic heterocycles. The highest BCUT2D eigenvalue weighted by Crippen LogP contribution is 2.30. The fourth-order valence-corrected chi connectivity index (χ4v) is 2.90. The van der Waals surface area contributed by atoms with E-state index in [0.29, 0.717) is 5.54 Å². The van der Waals surface area contributed by atoms with Crippen LogP contribution in [-0.4, -0.2) is 41.8 Å². The van der Waals surface area contributed by atoms with Gasteiger partial charge in [-0.05, 0) is 53.0 Å². The number of carbonyl (C=O) groups excluding carboxylic acids is 1. The molecule has 104 valence electrons. The van der Waals surface area contributed by atoms with E-state index < -0.39 is 5.60 Å². The van der Waals surface area contributed by atoms with Gasteiger partial charge in [0.15, 0.2) is 0 Å². The lowest BCUT2D eigenvalue weighted by Crippen LogP contribution is -2.56. The molecule has 4 nitrogen and oxygen atoms in total. The SMILES string of the molecule is CC(C)(C)OC(=O)N1CCC2(CCCCN2)CC1. The Bertz CT molecular complexity index is 293. The molecule has 0 bridgehead atoms. The summed E-state index contributed by atoms with van der Waals surface area (Å²) in [6.45, 7) is 8.52. The number of hydrogen-bond acceptors (Lipinski definition) is 3. The van der Waals surface area contributed by atoms with Crippen molar-refractivity contribution in [2.24, 2.45) is 0 Å². The van der Waals surface area contributed by atoms with Gasteiger partial charge in [-0.25, -0.2) is 4.79 Å². The first-order valence-electron chi connectivity index (χ1n) is 7.13. The Hall–Kier alpha value is -0.770. The predicted octanol–water partition coefficient (Wildman–Crippen LogP) is 2.53. The molecule has 0 radical (unpaired) electrons. The number of amides is 1. The molecular weight excluding hydrogens is 228 g/mol. The van der Waals surface area contributed by atoms with Crippen LogP contribution >= 0.6 is 0 Å². The minimum atomic E-state index is -0.394. The minimum Gasteiger partial charge on any atom is -0.444 e. The molecule has 2 fully saturated rings. The number of nitrogens with zero attached hydrogens (tertiary/aromatic N) is 1. The highest BCUT2D eigenvalue weighted by molar-refractivity contribution is 5.68. The van der Waals surface area contributed by atoms with Crippen molar-refractivity contribution in [3.05, 3.63) is 0 Å². The number of hydrogen-bond donors (Lipinski definition) is 1. The van der Waals surface area contributed by atoms with E-state index in [9.17, 15) is 4.79 Å². The van der Waals surface area contributed by atoms with Crippen molar-refractivity contribution in [1.82, 2.24) is 10.2 Å². The number of ether oxygens (including phenoxy) is 1. The summed E-state index contributed by atoms with van der Waals surface area (Å²) in [5, 5.41) is 3.66. The second-order valence-corrected chi connectivity index (χ2v) is 6.63. The van der Waals surface area contributed by atoms with Gasteiger partial charge in [-0.2, -0.15) is 0 Å². The maximum atomic E-state index is 12.0. The maximum absolute atomic E-state index is 12.0. The summed E-state index contributed by atoms with van der Waals surface area (Å²) in [7, 11) is 0. The van der Waals surface area contributed by atoms with Gasteiger partial charge in [0.05, 0.1) is 0 Å². The average Bonchev–Trinajstić information content (AvgIpc) is 2.28. The second-order valence-electron chi connectivity index (χ2n) is 6.63. The molecule has 0 saturated carbocycles. The summed E-state index contributed by atoms with van der Waals surface area (Å²) in [4.78, 5) is 13.8. The Morgan fingerprint density at radius 1 is 1.17 bits per heavy atom. The maximum Gasteiger partial charge on any atom is 0.410 e. The molecule has 1 spiro atoms. The van der Waals surface area contributed by atoms with E-state index >= 15 is 0 Å². The van der Waals surface area contributed by atoms with Crippen LogP contribution in [0.2, 0.25) is 0 Å². The summed E-state index contributed by atoms with van der Waals surface area (Å²) in [6.07, 6.45) is 5.83. The van der Waals surface area contributed by atoms with Crippen molar-refractivity contribution in [1.29, 1.82) is 0 Å². The van der Waals surface area contributed by atoms with Crippen molar-refractivity contribution in [3.63, 3.8) is 0 Å². The Balaban J connectivity index is 1.84. The molecule has 0 aromatic heterocycles. The van der Waals surface area contributed by atoms with Gasteiger partial charge in [-0.1, -0.05) is 6.42 Å². The average molecular weight is 254 g/mol. The van der Waals surface area contributed by atoms with Gasteiger partial charge >= 0.3 is 6.09 Å². The molecule has 0 aromatic carbocycles. The first kappa shape index (κ1) is 13.7. The van der Waals surface area contributed by atoms with E-state index in [1.807, 2.05) is 25.7 Å². The number of likely N-dealkylation sites (tertiary alicyclic amines) is 1. The van der Waals surface area contributed by atoms with Gasteiger partial charge in [-0.3, -0.25) is 0 Å². The molecule has 0 unspecified atom stereocenters. The highest BCUT2D eigenvalue weighted by atomic mass is 16.6. The highest BCUT2D eigenvalue weighted by Gasteiger charge is 2.37. The first-order valence-corrected chi connectivity index (χ1v) is 7.13. The van der Waals surface area contributed by atoms with Crippen molar-refractivity contribution >= 4 is 6.09 Å². The fourth-order valence-electron chi connectivity index (χ4n) is 2.90. The van der Waals surface area contributed by atoms with E-state index in [-0.39, 0.29) is 6.09 Å². The quantitative estimate of drug-likeness (QED) is 0.722. The molecule has 0 atom stereocenters. The Morgan fingerprint density at radius 2 is 1.83 bits per heavy atom. The zero-order valence-electron chi connectivity index (χ0n) is 11.9. The van der Waals surface area contributed by atoms with Crippen LogP contribution in [0.3, 0.4) is 0 Å². The molecule has 2 heterocycles. The van der Waals surface area contributed by atoms with E-state index in [1.54, 1.807) is 0 Å². The summed E-state index contributed by atoms with van der Waals surface area (Å²) < 4.78 is 5.42. The Morgan fingerprint density at radius 3 is 2.33 bits per heavy atom. The second kappa shape index (κ2) is 5.08. The number of piperidine rings is 2. The Kier molecular flexibility index (Phi) is 3.85. The number of rotatable bonds is 0. The zero-order chi connectivity index (χ0) is 13.2. The third-order valence-corrected chi connectivity index (χ3v) is 3.95. The summed E-state index contributed by atoms with van der Waals surface area (Å²) in [6, 6.07) is 0. The summed E-state index contributed by atoms with van der Waals surface area (Å²) >= 11 is 0. The van der Waals surface area contributed by atoms with Gasteiger partial charge in [0.25, 0.3) is 0 Å². The normalized spacial score (nSPS) is 24.1. The summed E-state index contributed by atoms with van der Waals surface area (Å²) in [5.74, 6) is 0. The zero-order valence-corrected chi connectivity index (χ0v) is 11.9. The van der Waals surface area contributed by atoms with Gasteiger partial charge in [0.1, 0.15) is 5.60 Å². The first-order chi connectivity index (χ1) is 8.40. The van der Waals surface area contributed by atoms with Crippen LogP contribution < -0.4 is 5.32 Å². The van der Waals surface area contributed by atoms with Crippen LogP contribution in [0.4, 0.5) is 4.79 Å². The number of carbonyl (C=O) groups is 1. The van der Waals surface area contributed by atoms with Gasteiger partial charge in [0.2, 0.25) is 0 Å². The molecule has 4 heteroatoms. The lowest BCUT2D eigenvalue weighted by atomic mass is 9.80. The van der Waals surface area contributed by atoms with Crippen LogP contribution in [0, 0.1) is 0 Å². The van der Waals surface area contributed by atoms with Gasteiger partial charge in [-0.15, -0.1) is 0 Å². The third kappa shape index (κ3) is 3.37. The van der Waals surface area contributed by atoms with Crippen LogP contribution in [0.5, 0.6) is 0 Å². The van der Waals surface area contributed by atoms with Crippen LogP contribution in [0.25, 0.3) is 0 Å². The molecule has 2 saturated heterocycles. The van der Waals surface area contributed by atoms with Crippen LogP contribution in [-0.2, 0) is 4.74 Å². The standard InChI is InChI=1S/C14H26N2O2/c1-13(2,3)18-12(17)16-10-7-14(8-11-16)6-4-5-9-15-14/h15H,4-11H2,1-3H3. The lowest BCUT2D eigenvalue weighted by molar-refractivity contribution is 0.0128. The van der Waals surface area contributed by atoms with Crippen molar-refractivity contribution in [2.45, 2.75) is 64.0 Å². The van der Waals surface area contributed by atoms with Crippen molar-refractivity contribution in [2.75, 3.05) is 19.6 Å². The molecule has 18 heavy (non-hydrogen) atoms. The molecule has 1 N–H and O–H groups in total. The fraction of sp³-hybridized carbons (Fsp3) is 0.929. The van der Waals surface area contributed by atoms with E-state index in [2.05, 4.69) is 5.32 Å². The van der Waals surface area contributed by atoms with Crippen LogP contribution in [0.15, 0.2) is 0 Å². The molecule has 1 amide bonds. The van der Waals surface area contributed by atoms with Crippen molar-refractivity contribution < 1.29 is 9.53 Å². The summed E-state index contributed by atoms with van der Waals surface area (Å²) in [5.41, 5.74) is -0.0912. The van der Waals surface area contributed by atoms with E-state index in [0.717, 1.165) is 32.5 Å². The predicted molar refractivity (Wildman–Crippen MR) is 71.6 cm³/mol. The smallest absolute Gasteiger partial charge is 0.410 e. The molecule has 0 aliphatic carbocycles. The van der Waals surface area contributed by atoms with Gasteiger partial charge in [0, 0.05) is 18.6 Å². The monoisotopic (exact) mass is 254 g/mol. The molecule has 2 rings (SSSR count). The van der Waals surface area contributed by atoms with Gasteiger partial charge < -0.3 is 15.0 Å². The largest absolute Gasteiger partial charge is 0.444 e. The minimum absolute atomic E-state index is 0.159. The number of nitrogens with one attached hydrogen (secondary N) is 1. The molecular formula is C14H26N2O2. The molecule has 2 aliphatic rings. The van der Waals surface area contributed by atoms with E-state index in [1.165, 1.54) is 19.3 Å². The topological polar surface area (TPSA) is 41.6 Å². The third-order valence-electron chi connectivity index (χ3n) is 3.95. The van der Waals surface area contributed by atoms with Crippen molar-refractivity contribution in [3.8, 4) is 0 Å². The van der Waals surface area contributed by atoms with E-state index in [4.69, 9.17) is 4.74 Å².